The highest BCUT2D eigenvalue weighted by Crippen LogP contribution is 2.34. The molecule has 8 heteroatoms. The summed E-state index contributed by atoms with van der Waals surface area (Å²) in [4.78, 5) is 23.3. The summed E-state index contributed by atoms with van der Waals surface area (Å²) in [6.45, 7) is 1.58. The Morgan fingerprint density at radius 3 is 2.30 bits per heavy atom. The highest BCUT2D eigenvalue weighted by molar-refractivity contribution is 6.06. The van der Waals surface area contributed by atoms with Crippen LogP contribution < -0.4 is 25.4 Å². The number of carbonyl (C=O) groups is 2. The maximum Gasteiger partial charge on any atom is 0.267 e. The number of nitrogens with zero attached hydrogens (tertiary/aromatic N) is 1. The molecule has 2 aromatic rings. The van der Waals surface area contributed by atoms with E-state index in [-0.39, 0.29) is 18.3 Å². The van der Waals surface area contributed by atoms with Crippen molar-refractivity contribution in [3.63, 3.8) is 0 Å². The first-order valence-electron chi connectivity index (χ1n) is 8.00. The van der Waals surface area contributed by atoms with E-state index in [1.165, 1.54) is 13.1 Å². The average molecular weight is 364 g/mol. The fourth-order valence-corrected chi connectivity index (χ4v) is 2.33. The number of hydrogen-bond acceptors (Lipinski definition) is 6. The lowest BCUT2D eigenvalue weighted by Crippen LogP contribution is -2.14. The van der Waals surface area contributed by atoms with E-state index >= 15 is 0 Å². The van der Waals surface area contributed by atoms with Crippen LogP contribution in [0.2, 0.25) is 0 Å². The van der Waals surface area contributed by atoms with Gasteiger partial charge in [0.2, 0.25) is 12.7 Å². The molecule has 8 nitrogen and oxygen atoms in total. The monoisotopic (exact) mass is 364 g/mol. The predicted octanol–water partition coefficient (Wildman–Crippen LogP) is 2.83. The Bertz CT molecular complexity index is 945. The summed E-state index contributed by atoms with van der Waals surface area (Å²) in [7, 11) is 0. The van der Waals surface area contributed by atoms with Crippen molar-refractivity contribution in [3.8, 4) is 17.6 Å². The van der Waals surface area contributed by atoms with Crippen LogP contribution in [0.4, 0.5) is 17.1 Å². The van der Waals surface area contributed by atoms with Crippen molar-refractivity contribution in [2.75, 3.05) is 22.7 Å². The normalized spacial score (nSPS) is 12.1. The molecule has 1 heterocycles. The van der Waals surface area contributed by atoms with Crippen LogP contribution in [-0.4, -0.2) is 18.6 Å². The van der Waals surface area contributed by atoms with E-state index in [4.69, 9.17) is 9.47 Å². The number of nitriles is 1. The van der Waals surface area contributed by atoms with Gasteiger partial charge < -0.3 is 25.4 Å². The minimum Gasteiger partial charge on any atom is -0.454 e. The molecular weight excluding hydrogens is 348 g/mol. The van der Waals surface area contributed by atoms with Crippen LogP contribution >= 0.6 is 0 Å². The number of anilines is 3. The van der Waals surface area contributed by atoms with Crippen LogP contribution in [0, 0.1) is 11.3 Å². The molecule has 0 fully saturated rings. The summed E-state index contributed by atoms with van der Waals surface area (Å²) < 4.78 is 10.5. The van der Waals surface area contributed by atoms with Crippen molar-refractivity contribution in [2.45, 2.75) is 6.92 Å². The van der Waals surface area contributed by atoms with Gasteiger partial charge in [-0.1, -0.05) is 0 Å². The Morgan fingerprint density at radius 2 is 1.63 bits per heavy atom. The van der Waals surface area contributed by atoms with Crippen LogP contribution in [0.15, 0.2) is 54.2 Å². The maximum atomic E-state index is 12.3. The van der Waals surface area contributed by atoms with Crippen LogP contribution in [0.3, 0.4) is 0 Å². The van der Waals surface area contributed by atoms with Crippen molar-refractivity contribution < 1.29 is 19.1 Å². The molecule has 2 amide bonds. The summed E-state index contributed by atoms with van der Waals surface area (Å²) in [6, 6.07) is 13.6. The molecule has 136 valence electrons. The van der Waals surface area contributed by atoms with E-state index in [0.29, 0.717) is 28.6 Å². The molecule has 2 aromatic carbocycles. The van der Waals surface area contributed by atoms with E-state index in [1.807, 2.05) is 6.07 Å². The zero-order chi connectivity index (χ0) is 19.2. The van der Waals surface area contributed by atoms with Gasteiger partial charge in [0.25, 0.3) is 5.91 Å². The highest BCUT2D eigenvalue weighted by Gasteiger charge is 2.13. The van der Waals surface area contributed by atoms with Crippen LogP contribution in [0.25, 0.3) is 0 Å². The quantitative estimate of drug-likeness (QED) is 0.555. The number of nitrogens with one attached hydrogen (secondary N) is 3. The fourth-order valence-electron chi connectivity index (χ4n) is 2.33. The van der Waals surface area contributed by atoms with Crippen molar-refractivity contribution in [2.24, 2.45) is 0 Å². The lowest BCUT2D eigenvalue weighted by Gasteiger charge is -2.07. The molecule has 0 unspecified atom stereocenters. The predicted molar refractivity (Wildman–Crippen MR) is 99.3 cm³/mol. The molecule has 0 atom stereocenters. The molecule has 0 saturated carbocycles. The molecule has 0 radical (unpaired) electrons. The number of amides is 2. The summed E-state index contributed by atoms with van der Waals surface area (Å²) >= 11 is 0. The summed E-state index contributed by atoms with van der Waals surface area (Å²) in [5.41, 5.74) is 1.66. The smallest absolute Gasteiger partial charge is 0.267 e. The summed E-state index contributed by atoms with van der Waals surface area (Å²) in [5, 5.41) is 17.4. The molecule has 27 heavy (non-hydrogen) atoms. The Kier molecular flexibility index (Phi) is 5.23. The first-order valence-corrected chi connectivity index (χ1v) is 8.00. The van der Waals surface area contributed by atoms with Gasteiger partial charge in [0.05, 0.1) is 0 Å². The van der Waals surface area contributed by atoms with Gasteiger partial charge in [0.15, 0.2) is 11.5 Å². The maximum absolute atomic E-state index is 12.3. The third-order valence-electron chi connectivity index (χ3n) is 3.58. The van der Waals surface area contributed by atoms with Gasteiger partial charge in [0.1, 0.15) is 11.6 Å². The standard InChI is InChI=1S/C19H16N4O4/c1-12(24)22-14-2-4-15(5-3-14)23-19(25)13(9-20)10-21-16-6-7-17-18(8-16)27-11-26-17/h2-8,10,21H,11H2,1H3,(H,22,24)(H,23,25)/b13-10-. The van der Waals surface area contributed by atoms with Crippen LogP contribution in [0.1, 0.15) is 6.92 Å². The lowest BCUT2D eigenvalue weighted by molar-refractivity contribution is -0.114. The van der Waals surface area contributed by atoms with Crippen LogP contribution in [0.5, 0.6) is 11.5 Å². The zero-order valence-corrected chi connectivity index (χ0v) is 14.4. The van der Waals surface area contributed by atoms with E-state index in [2.05, 4.69) is 16.0 Å². The molecule has 3 rings (SSSR count). The Morgan fingerprint density at radius 1 is 1.00 bits per heavy atom. The molecule has 1 aliphatic rings. The Hall–Kier alpha value is -3.99. The summed E-state index contributed by atoms with van der Waals surface area (Å²) in [5.74, 6) is 0.496. The number of benzene rings is 2. The lowest BCUT2D eigenvalue weighted by atomic mass is 10.2. The zero-order valence-electron chi connectivity index (χ0n) is 14.4. The van der Waals surface area contributed by atoms with Gasteiger partial charge in [-0.3, -0.25) is 9.59 Å². The Balaban J connectivity index is 1.64. The molecule has 1 aliphatic heterocycles. The minimum atomic E-state index is -0.557. The van der Waals surface area contributed by atoms with Gasteiger partial charge in [-0.25, -0.2) is 0 Å². The molecular formula is C19H16N4O4. The molecule has 3 N–H and O–H groups in total. The third kappa shape index (κ3) is 4.55. The number of carbonyl (C=O) groups excluding carboxylic acids is 2. The summed E-state index contributed by atoms with van der Waals surface area (Å²) in [6.07, 6.45) is 1.32. The largest absolute Gasteiger partial charge is 0.454 e. The van der Waals surface area contributed by atoms with E-state index in [9.17, 15) is 14.9 Å². The van der Waals surface area contributed by atoms with E-state index in [0.717, 1.165) is 0 Å². The number of hydrogen-bond donors (Lipinski definition) is 3. The SMILES string of the molecule is CC(=O)Nc1ccc(NC(=O)/C(C#N)=C\Nc2ccc3c(c2)OCO3)cc1. The van der Waals surface area contributed by atoms with Crippen molar-refractivity contribution in [1.29, 1.82) is 5.26 Å². The number of ether oxygens (including phenoxy) is 2. The van der Waals surface area contributed by atoms with Crippen molar-refractivity contribution in [3.05, 3.63) is 54.2 Å². The fraction of sp³-hybridized carbons (Fsp3) is 0.105. The molecule has 0 spiro atoms. The first kappa shape index (κ1) is 17.8. The van der Waals surface area contributed by atoms with Crippen molar-refractivity contribution in [1.82, 2.24) is 0 Å². The first-order chi connectivity index (χ1) is 13.0. The molecule has 0 bridgehead atoms. The average Bonchev–Trinajstić information content (AvgIpc) is 3.11. The molecule has 0 saturated heterocycles. The van der Waals surface area contributed by atoms with Crippen molar-refractivity contribution >= 4 is 28.9 Å². The van der Waals surface area contributed by atoms with Gasteiger partial charge in [-0.05, 0) is 36.4 Å². The van der Waals surface area contributed by atoms with Gasteiger partial charge in [-0.15, -0.1) is 0 Å². The second-order valence-corrected chi connectivity index (χ2v) is 5.59. The van der Waals surface area contributed by atoms with Gasteiger partial charge in [-0.2, -0.15) is 5.26 Å². The number of rotatable bonds is 5. The van der Waals surface area contributed by atoms with Gasteiger partial charge in [0, 0.05) is 36.3 Å². The second-order valence-electron chi connectivity index (χ2n) is 5.59. The third-order valence-corrected chi connectivity index (χ3v) is 3.58. The van der Waals surface area contributed by atoms with E-state index in [1.54, 1.807) is 42.5 Å². The molecule has 0 aliphatic carbocycles. The number of fused-ring (bicyclic) bond motifs is 1. The van der Waals surface area contributed by atoms with Crippen LogP contribution in [-0.2, 0) is 9.59 Å². The molecule has 0 aromatic heterocycles. The Labute approximate surface area is 155 Å². The highest BCUT2D eigenvalue weighted by atomic mass is 16.7. The second kappa shape index (κ2) is 7.93. The van der Waals surface area contributed by atoms with Gasteiger partial charge >= 0.3 is 0 Å². The minimum absolute atomic E-state index is 0.0985. The van der Waals surface area contributed by atoms with E-state index < -0.39 is 5.91 Å². The topological polar surface area (TPSA) is 112 Å².